The second-order valence-electron chi connectivity index (χ2n) is 4.10. The number of nitrogens with zero attached hydrogens (tertiary/aromatic N) is 1. The van der Waals surface area contributed by atoms with Gasteiger partial charge in [0.25, 0.3) is 0 Å². The molecule has 0 aromatic carbocycles. The molecular formula is C11H21NO3. The van der Waals surface area contributed by atoms with Gasteiger partial charge in [-0.1, -0.05) is 0 Å². The molecule has 4 nitrogen and oxygen atoms in total. The highest BCUT2D eigenvalue weighted by atomic mass is 16.5. The molecule has 1 aliphatic carbocycles. The zero-order chi connectivity index (χ0) is 11.3. The van der Waals surface area contributed by atoms with Gasteiger partial charge in [0.2, 0.25) is 0 Å². The van der Waals surface area contributed by atoms with Gasteiger partial charge in [0.15, 0.2) is 0 Å². The van der Waals surface area contributed by atoms with Crippen molar-refractivity contribution in [2.24, 2.45) is 0 Å². The minimum atomic E-state index is -0.225. The van der Waals surface area contributed by atoms with Crippen LogP contribution in [0.5, 0.6) is 0 Å². The van der Waals surface area contributed by atoms with E-state index >= 15 is 0 Å². The number of likely N-dealkylation sites (N-methyl/N-ethyl adjacent to an activating group) is 1. The van der Waals surface area contributed by atoms with Gasteiger partial charge in [-0.15, -0.1) is 0 Å². The third-order valence-corrected chi connectivity index (χ3v) is 2.98. The number of hydrogen-bond acceptors (Lipinski definition) is 4. The smallest absolute Gasteiger partial charge is 0.307 e. The molecule has 88 valence electrons. The van der Waals surface area contributed by atoms with Gasteiger partial charge in [-0.25, -0.2) is 0 Å². The van der Waals surface area contributed by atoms with Crippen LogP contribution in [-0.2, 0) is 9.53 Å². The topological polar surface area (TPSA) is 49.8 Å². The third-order valence-electron chi connectivity index (χ3n) is 2.98. The summed E-state index contributed by atoms with van der Waals surface area (Å²) >= 11 is 0. The molecule has 0 heterocycles. The van der Waals surface area contributed by atoms with Gasteiger partial charge in [0, 0.05) is 12.6 Å². The van der Waals surface area contributed by atoms with Gasteiger partial charge in [0.05, 0.1) is 19.1 Å². The summed E-state index contributed by atoms with van der Waals surface area (Å²) in [5.74, 6) is -0.156. The van der Waals surface area contributed by atoms with Crippen LogP contribution in [0.3, 0.4) is 0 Å². The van der Waals surface area contributed by atoms with Crippen LogP contribution in [0.2, 0.25) is 0 Å². The van der Waals surface area contributed by atoms with Crippen LogP contribution in [0.4, 0.5) is 0 Å². The van der Waals surface area contributed by atoms with E-state index in [0.29, 0.717) is 19.6 Å². The average molecular weight is 215 g/mol. The zero-order valence-electron chi connectivity index (χ0n) is 9.61. The predicted molar refractivity (Wildman–Crippen MR) is 57.5 cm³/mol. The minimum absolute atomic E-state index is 0.156. The first kappa shape index (κ1) is 12.5. The van der Waals surface area contributed by atoms with Crippen molar-refractivity contribution < 1.29 is 14.6 Å². The summed E-state index contributed by atoms with van der Waals surface area (Å²) in [5.41, 5.74) is 0. The molecular weight excluding hydrogens is 194 g/mol. The zero-order valence-corrected chi connectivity index (χ0v) is 9.61. The molecule has 0 aromatic rings. The van der Waals surface area contributed by atoms with Gasteiger partial charge in [-0.2, -0.15) is 0 Å². The molecule has 1 fully saturated rings. The van der Waals surface area contributed by atoms with Crippen LogP contribution < -0.4 is 0 Å². The van der Waals surface area contributed by atoms with Crippen LogP contribution in [0, 0.1) is 0 Å². The minimum Gasteiger partial charge on any atom is -0.466 e. The Balaban J connectivity index is 2.23. The van der Waals surface area contributed by atoms with Crippen molar-refractivity contribution >= 4 is 5.97 Å². The summed E-state index contributed by atoms with van der Waals surface area (Å²) in [6, 6.07) is 0.222. The van der Waals surface area contributed by atoms with E-state index in [1.807, 2.05) is 14.0 Å². The largest absolute Gasteiger partial charge is 0.466 e. The van der Waals surface area contributed by atoms with Crippen LogP contribution in [-0.4, -0.2) is 48.3 Å². The lowest BCUT2D eigenvalue weighted by Gasteiger charge is -2.26. The molecule has 0 saturated heterocycles. The van der Waals surface area contributed by atoms with E-state index < -0.39 is 0 Å². The van der Waals surface area contributed by atoms with Gasteiger partial charge in [-0.05, 0) is 33.2 Å². The van der Waals surface area contributed by atoms with Crippen LogP contribution >= 0.6 is 0 Å². The molecule has 0 radical (unpaired) electrons. The molecule has 2 atom stereocenters. The number of aliphatic hydroxyl groups excluding tert-OH is 1. The highest BCUT2D eigenvalue weighted by Gasteiger charge is 2.28. The Hall–Kier alpha value is -0.610. The lowest BCUT2D eigenvalue weighted by Crippen LogP contribution is -2.38. The van der Waals surface area contributed by atoms with Crippen molar-refractivity contribution in [2.45, 2.75) is 44.8 Å². The molecule has 1 rings (SSSR count). The first-order valence-electron chi connectivity index (χ1n) is 5.69. The first-order valence-corrected chi connectivity index (χ1v) is 5.69. The highest BCUT2D eigenvalue weighted by molar-refractivity contribution is 5.69. The average Bonchev–Trinajstić information content (AvgIpc) is 2.61. The van der Waals surface area contributed by atoms with E-state index in [2.05, 4.69) is 4.90 Å². The fourth-order valence-electron chi connectivity index (χ4n) is 2.10. The summed E-state index contributed by atoms with van der Waals surface area (Å²) in [6.07, 6.45) is 3.18. The molecule has 0 aromatic heterocycles. The molecule has 15 heavy (non-hydrogen) atoms. The summed E-state index contributed by atoms with van der Waals surface area (Å²) in [4.78, 5) is 13.2. The van der Waals surface area contributed by atoms with Crippen LogP contribution in [0.1, 0.15) is 32.6 Å². The Bertz CT molecular complexity index is 208. The fourth-order valence-corrected chi connectivity index (χ4v) is 2.10. The Kier molecular flexibility index (Phi) is 5.05. The van der Waals surface area contributed by atoms with Crippen LogP contribution in [0.25, 0.3) is 0 Å². The van der Waals surface area contributed by atoms with Gasteiger partial charge in [-0.3, -0.25) is 4.79 Å². The van der Waals surface area contributed by atoms with Crippen molar-refractivity contribution in [3.63, 3.8) is 0 Å². The van der Waals surface area contributed by atoms with E-state index in [1.165, 1.54) is 0 Å². The van der Waals surface area contributed by atoms with Crippen LogP contribution in [0.15, 0.2) is 0 Å². The second-order valence-corrected chi connectivity index (χ2v) is 4.10. The Labute approximate surface area is 91.2 Å². The highest BCUT2D eigenvalue weighted by Crippen LogP contribution is 2.23. The molecule has 4 heteroatoms. The van der Waals surface area contributed by atoms with Crippen molar-refractivity contribution in [1.29, 1.82) is 0 Å². The van der Waals surface area contributed by atoms with E-state index in [4.69, 9.17) is 4.74 Å². The third kappa shape index (κ3) is 3.80. The Morgan fingerprint density at radius 3 is 2.80 bits per heavy atom. The van der Waals surface area contributed by atoms with Gasteiger partial charge < -0.3 is 14.7 Å². The van der Waals surface area contributed by atoms with Gasteiger partial charge in [0.1, 0.15) is 0 Å². The van der Waals surface area contributed by atoms with Crippen molar-refractivity contribution in [3.05, 3.63) is 0 Å². The van der Waals surface area contributed by atoms with Crippen molar-refractivity contribution in [2.75, 3.05) is 20.2 Å². The summed E-state index contributed by atoms with van der Waals surface area (Å²) in [6.45, 7) is 2.91. The molecule has 0 aliphatic heterocycles. The SMILES string of the molecule is CCOC(=O)CCN(C)C1CCCC1O. The second kappa shape index (κ2) is 6.08. The Morgan fingerprint density at radius 2 is 2.27 bits per heavy atom. The number of rotatable bonds is 5. The number of ether oxygens (including phenoxy) is 1. The molecule has 0 bridgehead atoms. The molecule has 1 saturated carbocycles. The maximum absolute atomic E-state index is 11.1. The molecule has 0 spiro atoms. The maximum atomic E-state index is 11.1. The summed E-state index contributed by atoms with van der Waals surface area (Å²) in [7, 11) is 1.96. The number of carbonyl (C=O) groups excluding carboxylic acids is 1. The monoisotopic (exact) mass is 215 g/mol. The lowest BCUT2D eigenvalue weighted by atomic mass is 10.2. The first-order chi connectivity index (χ1) is 7.15. The normalized spacial score (nSPS) is 25.9. The summed E-state index contributed by atoms with van der Waals surface area (Å²) in [5, 5.41) is 9.67. The van der Waals surface area contributed by atoms with E-state index in [9.17, 15) is 9.90 Å². The predicted octanol–water partition coefficient (Wildman–Crippen LogP) is 0.785. The number of hydrogen-bond donors (Lipinski definition) is 1. The van der Waals surface area contributed by atoms with Crippen molar-refractivity contribution in [3.8, 4) is 0 Å². The van der Waals surface area contributed by atoms with E-state index in [1.54, 1.807) is 0 Å². The maximum Gasteiger partial charge on any atom is 0.307 e. The van der Waals surface area contributed by atoms with Crippen molar-refractivity contribution in [1.82, 2.24) is 4.90 Å². The number of esters is 1. The molecule has 2 unspecified atom stereocenters. The fraction of sp³-hybridized carbons (Fsp3) is 0.909. The lowest BCUT2D eigenvalue weighted by molar-refractivity contribution is -0.143. The van der Waals surface area contributed by atoms with E-state index in [0.717, 1.165) is 19.3 Å². The number of aliphatic hydroxyl groups is 1. The standard InChI is InChI=1S/C11H21NO3/c1-3-15-11(14)7-8-12(2)9-5-4-6-10(9)13/h9-10,13H,3-8H2,1-2H3. The summed E-state index contributed by atoms with van der Waals surface area (Å²) < 4.78 is 4.85. The number of carbonyl (C=O) groups is 1. The molecule has 1 N–H and O–H groups in total. The Morgan fingerprint density at radius 1 is 1.53 bits per heavy atom. The molecule has 1 aliphatic rings. The molecule has 0 amide bonds. The van der Waals surface area contributed by atoms with E-state index in [-0.39, 0.29) is 18.1 Å². The quantitative estimate of drug-likeness (QED) is 0.689. The van der Waals surface area contributed by atoms with Gasteiger partial charge >= 0.3 is 5.97 Å².